The number of nitrogens with zero attached hydrogens (tertiary/aromatic N) is 1. The predicted octanol–water partition coefficient (Wildman–Crippen LogP) is 3.39. The van der Waals surface area contributed by atoms with Gasteiger partial charge in [-0.05, 0) is 62.4 Å². The molecule has 1 aromatic rings. The molecule has 1 heterocycles. The van der Waals surface area contributed by atoms with Gasteiger partial charge in [-0.3, -0.25) is 4.79 Å². The fraction of sp³-hybridized carbons (Fsp3) is 0.682. The van der Waals surface area contributed by atoms with Crippen LogP contribution in [-0.2, 0) is 14.9 Å². The molecule has 0 amide bonds. The van der Waals surface area contributed by atoms with Crippen LogP contribution in [0.4, 0.5) is 0 Å². The average Bonchev–Trinajstić information content (AvgIpc) is 2.67. The van der Waals surface area contributed by atoms with E-state index in [1.54, 1.807) is 0 Å². The van der Waals surface area contributed by atoms with Gasteiger partial charge in [0.05, 0.1) is 12.5 Å². The van der Waals surface area contributed by atoms with E-state index >= 15 is 0 Å². The molecule has 0 spiro atoms. The van der Waals surface area contributed by atoms with Crippen molar-refractivity contribution >= 4 is 5.97 Å². The first-order chi connectivity index (χ1) is 12.9. The minimum Gasteiger partial charge on any atom is -0.491 e. The number of aliphatic hydroxyl groups is 1. The lowest BCUT2D eigenvalue weighted by molar-refractivity contribution is -0.149. The quantitative estimate of drug-likeness (QED) is 0.669. The van der Waals surface area contributed by atoms with E-state index in [9.17, 15) is 9.90 Å². The second-order valence-corrected chi connectivity index (χ2v) is 8.05. The van der Waals surface area contributed by atoms with Crippen molar-refractivity contribution in [3.8, 4) is 5.75 Å². The summed E-state index contributed by atoms with van der Waals surface area (Å²) in [4.78, 5) is 14.0. The number of likely N-dealkylation sites (tertiary alicyclic amines) is 1. The summed E-state index contributed by atoms with van der Waals surface area (Å²) in [5.74, 6) is 0.696. The van der Waals surface area contributed by atoms with Gasteiger partial charge in [-0.25, -0.2) is 0 Å². The number of piperidine rings is 1. The molecular weight excluding hydrogens is 342 g/mol. The highest BCUT2D eigenvalue weighted by atomic mass is 16.5. The summed E-state index contributed by atoms with van der Waals surface area (Å²) in [6.07, 6.45) is 2.12. The van der Waals surface area contributed by atoms with E-state index in [0.717, 1.165) is 38.1 Å². The van der Waals surface area contributed by atoms with Crippen LogP contribution in [0.3, 0.4) is 0 Å². The summed E-state index contributed by atoms with van der Waals surface area (Å²) in [6, 6.07) is 8.16. The first kappa shape index (κ1) is 21.7. The molecule has 1 aliphatic rings. The molecule has 1 fully saturated rings. The third-order valence-corrected chi connectivity index (χ3v) is 5.64. The van der Waals surface area contributed by atoms with Gasteiger partial charge < -0.3 is 19.5 Å². The van der Waals surface area contributed by atoms with Gasteiger partial charge in [0.25, 0.3) is 0 Å². The molecule has 0 radical (unpaired) electrons. The smallest absolute Gasteiger partial charge is 0.309 e. The lowest BCUT2D eigenvalue weighted by atomic mass is 9.82. The standard InChI is InChI=1S/C22H35NO4/c1-5-22(3,4)18-7-9-20(10-8-18)27-16-19(24)15-23-13-11-17(12-14-23)21(25)26-6-2/h7-10,17,19,24H,5-6,11-16H2,1-4H3/t19-/m1/s1. The van der Waals surface area contributed by atoms with Gasteiger partial charge >= 0.3 is 5.97 Å². The first-order valence-corrected chi connectivity index (χ1v) is 10.2. The summed E-state index contributed by atoms with van der Waals surface area (Å²) >= 11 is 0. The molecule has 1 saturated heterocycles. The molecule has 0 unspecified atom stereocenters. The molecule has 1 N–H and O–H groups in total. The van der Waals surface area contributed by atoms with Crippen molar-refractivity contribution in [2.75, 3.05) is 32.8 Å². The van der Waals surface area contributed by atoms with Crippen LogP contribution in [0.2, 0.25) is 0 Å². The Morgan fingerprint density at radius 3 is 2.41 bits per heavy atom. The molecule has 0 bridgehead atoms. The minimum absolute atomic E-state index is 0.000443. The van der Waals surface area contributed by atoms with Crippen molar-refractivity contribution in [3.05, 3.63) is 29.8 Å². The molecule has 1 atom stereocenters. The van der Waals surface area contributed by atoms with Crippen molar-refractivity contribution < 1.29 is 19.4 Å². The number of rotatable bonds is 9. The minimum atomic E-state index is -0.545. The van der Waals surface area contributed by atoms with Crippen LogP contribution >= 0.6 is 0 Å². The molecule has 5 heteroatoms. The van der Waals surface area contributed by atoms with E-state index in [0.29, 0.717) is 13.2 Å². The van der Waals surface area contributed by atoms with E-state index in [4.69, 9.17) is 9.47 Å². The molecule has 0 aliphatic carbocycles. The lowest BCUT2D eigenvalue weighted by Crippen LogP contribution is -2.42. The number of hydrogen-bond donors (Lipinski definition) is 1. The normalized spacial score (nSPS) is 17.5. The van der Waals surface area contributed by atoms with E-state index in [1.807, 2.05) is 19.1 Å². The highest BCUT2D eigenvalue weighted by molar-refractivity contribution is 5.72. The number of carbonyl (C=O) groups is 1. The molecule has 152 valence electrons. The van der Waals surface area contributed by atoms with E-state index in [1.165, 1.54) is 5.56 Å². The Hall–Kier alpha value is -1.59. The van der Waals surface area contributed by atoms with Crippen molar-refractivity contribution in [3.63, 3.8) is 0 Å². The predicted molar refractivity (Wildman–Crippen MR) is 107 cm³/mol. The van der Waals surface area contributed by atoms with E-state index in [-0.39, 0.29) is 23.9 Å². The van der Waals surface area contributed by atoms with Gasteiger partial charge in [0, 0.05) is 6.54 Å². The fourth-order valence-corrected chi connectivity index (χ4v) is 3.36. The fourth-order valence-electron chi connectivity index (χ4n) is 3.36. The zero-order valence-electron chi connectivity index (χ0n) is 17.2. The summed E-state index contributed by atoms with van der Waals surface area (Å²) in [5, 5.41) is 10.3. The van der Waals surface area contributed by atoms with Crippen molar-refractivity contribution in [1.29, 1.82) is 0 Å². The molecule has 0 aromatic heterocycles. The van der Waals surface area contributed by atoms with Crippen LogP contribution in [0.15, 0.2) is 24.3 Å². The van der Waals surface area contributed by atoms with Gasteiger partial charge in [0.2, 0.25) is 0 Å². The highest BCUT2D eigenvalue weighted by Gasteiger charge is 2.27. The number of esters is 1. The summed E-state index contributed by atoms with van der Waals surface area (Å²) in [7, 11) is 0. The molecule has 1 aliphatic heterocycles. The number of β-amino-alcohol motifs (C(OH)–C–C–N with tert-alkyl or cyclic N) is 1. The Bertz CT molecular complexity index is 576. The first-order valence-electron chi connectivity index (χ1n) is 10.2. The average molecular weight is 378 g/mol. The second kappa shape index (κ2) is 10.1. The Morgan fingerprint density at radius 1 is 1.22 bits per heavy atom. The van der Waals surface area contributed by atoms with Gasteiger partial charge in [0.1, 0.15) is 18.5 Å². The van der Waals surface area contributed by atoms with Gasteiger partial charge in [-0.2, -0.15) is 0 Å². The largest absolute Gasteiger partial charge is 0.491 e. The Balaban J connectivity index is 1.72. The molecule has 2 rings (SSSR count). The van der Waals surface area contributed by atoms with E-state index in [2.05, 4.69) is 37.8 Å². The van der Waals surface area contributed by atoms with Gasteiger partial charge in [-0.15, -0.1) is 0 Å². The second-order valence-electron chi connectivity index (χ2n) is 8.05. The summed E-state index contributed by atoms with van der Waals surface area (Å²) < 4.78 is 10.8. The maximum Gasteiger partial charge on any atom is 0.309 e. The van der Waals surface area contributed by atoms with Crippen molar-refractivity contribution in [2.45, 2.75) is 58.5 Å². The van der Waals surface area contributed by atoms with Crippen LogP contribution in [0.25, 0.3) is 0 Å². The third-order valence-electron chi connectivity index (χ3n) is 5.64. The number of carbonyl (C=O) groups excluding carboxylic acids is 1. The van der Waals surface area contributed by atoms with Crippen LogP contribution in [0, 0.1) is 5.92 Å². The van der Waals surface area contributed by atoms with Crippen LogP contribution in [0.5, 0.6) is 5.75 Å². The highest BCUT2D eigenvalue weighted by Crippen LogP contribution is 2.28. The van der Waals surface area contributed by atoms with Gasteiger partial charge in [-0.1, -0.05) is 32.9 Å². The number of hydrogen-bond acceptors (Lipinski definition) is 5. The molecular formula is C22H35NO4. The molecule has 1 aromatic carbocycles. The number of ether oxygens (including phenoxy) is 2. The lowest BCUT2D eigenvalue weighted by Gasteiger charge is -2.32. The van der Waals surface area contributed by atoms with Crippen LogP contribution in [-0.4, -0.2) is 54.9 Å². The molecule has 0 saturated carbocycles. The SMILES string of the molecule is CCOC(=O)C1CCN(C[C@@H](O)COc2ccc(C(C)(C)CC)cc2)CC1. The van der Waals surface area contributed by atoms with Crippen LogP contribution < -0.4 is 4.74 Å². The topological polar surface area (TPSA) is 59.0 Å². The van der Waals surface area contributed by atoms with Gasteiger partial charge in [0.15, 0.2) is 0 Å². The zero-order valence-corrected chi connectivity index (χ0v) is 17.2. The van der Waals surface area contributed by atoms with Crippen molar-refractivity contribution in [2.24, 2.45) is 5.92 Å². The number of aliphatic hydroxyl groups excluding tert-OH is 1. The molecule has 5 nitrogen and oxygen atoms in total. The Kier molecular flexibility index (Phi) is 8.11. The Labute approximate surface area is 163 Å². The van der Waals surface area contributed by atoms with E-state index < -0.39 is 6.10 Å². The number of benzene rings is 1. The maximum atomic E-state index is 11.8. The maximum absolute atomic E-state index is 11.8. The Morgan fingerprint density at radius 2 is 1.85 bits per heavy atom. The monoisotopic (exact) mass is 377 g/mol. The zero-order chi connectivity index (χ0) is 19.9. The van der Waals surface area contributed by atoms with Crippen LogP contribution in [0.1, 0.15) is 52.5 Å². The summed E-state index contributed by atoms with van der Waals surface area (Å²) in [6.45, 7) is 11.4. The van der Waals surface area contributed by atoms with Crippen molar-refractivity contribution in [1.82, 2.24) is 4.90 Å². The summed E-state index contributed by atoms with van der Waals surface area (Å²) in [5.41, 5.74) is 1.45. The third kappa shape index (κ3) is 6.51. The molecule has 27 heavy (non-hydrogen) atoms.